The number of carbonyl (C=O) groups excluding carboxylic acids is 1. The highest BCUT2D eigenvalue weighted by atomic mass is 16.5. The second-order valence-electron chi connectivity index (χ2n) is 7.88. The van der Waals surface area contributed by atoms with Gasteiger partial charge in [-0.1, -0.05) is 32.3 Å². The van der Waals surface area contributed by atoms with E-state index in [0.717, 1.165) is 24.2 Å². The molecule has 0 saturated heterocycles. The molecule has 1 unspecified atom stereocenters. The van der Waals surface area contributed by atoms with Crippen molar-refractivity contribution in [2.45, 2.75) is 58.8 Å². The first-order valence-electron chi connectivity index (χ1n) is 10.7. The molecule has 160 valence electrons. The smallest absolute Gasteiger partial charge is 0.310 e. The molecule has 0 aromatic heterocycles. The van der Waals surface area contributed by atoms with E-state index in [4.69, 9.17) is 9.47 Å². The number of rotatable bonds is 10. The monoisotopic (exact) mass is 410 g/mol. The van der Waals surface area contributed by atoms with Crippen molar-refractivity contribution in [2.24, 2.45) is 0 Å². The zero-order valence-electron chi connectivity index (χ0n) is 18.0. The Bertz CT molecular complexity index is 914. The standard InChI is InChI=1S/C25H30O5/c1-4-5-6-7-13-29-20-10-8-18(9-11-20)23(26)22-16(2)21(17(3)25(27)28)15-19-12-14-30-24(19)22/h8-11,15,17H,4-7,12-14H2,1-3H3,(H,27,28). The van der Waals surface area contributed by atoms with Crippen molar-refractivity contribution in [3.05, 3.63) is 58.1 Å². The van der Waals surface area contributed by atoms with E-state index in [-0.39, 0.29) is 5.78 Å². The summed E-state index contributed by atoms with van der Waals surface area (Å²) in [6.45, 7) is 6.80. The number of benzene rings is 2. The van der Waals surface area contributed by atoms with Crippen LogP contribution in [0.3, 0.4) is 0 Å². The van der Waals surface area contributed by atoms with Gasteiger partial charge in [0.15, 0.2) is 5.78 Å². The van der Waals surface area contributed by atoms with Gasteiger partial charge in [0.2, 0.25) is 0 Å². The highest BCUT2D eigenvalue weighted by Crippen LogP contribution is 2.38. The SMILES string of the molecule is CCCCCCOc1ccc(C(=O)c2c(C)c(C(C)C(=O)O)cc3c2OCC3)cc1. The summed E-state index contributed by atoms with van der Waals surface area (Å²) >= 11 is 0. The van der Waals surface area contributed by atoms with E-state index >= 15 is 0 Å². The van der Waals surface area contributed by atoms with Crippen LogP contribution in [-0.2, 0) is 11.2 Å². The van der Waals surface area contributed by atoms with Gasteiger partial charge in [-0.2, -0.15) is 0 Å². The number of unbranched alkanes of at least 4 members (excludes halogenated alkanes) is 3. The quantitative estimate of drug-likeness (QED) is 0.425. The number of carboxylic acid groups (broad SMARTS) is 1. The van der Waals surface area contributed by atoms with E-state index in [9.17, 15) is 14.7 Å². The van der Waals surface area contributed by atoms with Crippen LogP contribution in [-0.4, -0.2) is 30.1 Å². The molecule has 5 heteroatoms. The van der Waals surface area contributed by atoms with Gasteiger partial charge in [-0.05, 0) is 61.2 Å². The highest BCUT2D eigenvalue weighted by Gasteiger charge is 2.29. The molecule has 5 nitrogen and oxygen atoms in total. The number of carboxylic acids is 1. The molecule has 0 radical (unpaired) electrons. The van der Waals surface area contributed by atoms with Crippen molar-refractivity contribution in [1.82, 2.24) is 0 Å². The lowest BCUT2D eigenvalue weighted by Gasteiger charge is -2.17. The maximum absolute atomic E-state index is 13.3. The number of ketones is 1. The Balaban J connectivity index is 1.83. The summed E-state index contributed by atoms with van der Waals surface area (Å²) in [6.07, 6.45) is 5.26. The number of hydrogen-bond donors (Lipinski definition) is 1. The summed E-state index contributed by atoms with van der Waals surface area (Å²) in [5, 5.41) is 9.47. The molecule has 1 aliphatic heterocycles. The molecule has 0 aliphatic carbocycles. The molecule has 0 saturated carbocycles. The van der Waals surface area contributed by atoms with Crippen LogP contribution >= 0.6 is 0 Å². The van der Waals surface area contributed by atoms with Crippen molar-refractivity contribution < 1.29 is 24.2 Å². The Labute approximate surface area is 178 Å². The molecule has 1 aliphatic rings. The third-order valence-electron chi connectivity index (χ3n) is 5.72. The van der Waals surface area contributed by atoms with Gasteiger partial charge in [0.05, 0.1) is 24.7 Å². The molecule has 0 fully saturated rings. The third kappa shape index (κ3) is 4.66. The third-order valence-corrected chi connectivity index (χ3v) is 5.72. The van der Waals surface area contributed by atoms with Crippen molar-refractivity contribution in [2.75, 3.05) is 13.2 Å². The van der Waals surface area contributed by atoms with Crippen molar-refractivity contribution in [3.8, 4) is 11.5 Å². The minimum Gasteiger partial charge on any atom is -0.494 e. The van der Waals surface area contributed by atoms with E-state index in [2.05, 4.69) is 6.92 Å². The molecule has 0 amide bonds. The summed E-state index contributed by atoms with van der Waals surface area (Å²) in [5.41, 5.74) is 3.25. The van der Waals surface area contributed by atoms with Gasteiger partial charge in [0.25, 0.3) is 0 Å². The van der Waals surface area contributed by atoms with Crippen LogP contribution in [0.4, 0.5) is 0 Å². The summed E-state index contributed by atoms with van der Waals surface area (Å²) in [5.74, 6) is -0.411. The number of ether oxygens (including phenoxy) is 2. The Kier molecular flexibility index (Phi) is 7.14. The van der Waals surface area contributed by atoms with E-state index in [1.165, 1.54) is 12.8 Å². The van der Waals surface area contributed by atoms with Crippen LogP contribution in [0, 0.1) is 6.92 Å². The zero-order chi connectivity index (χ0) is 21.7. The Hall–Kier alpha value is -2.82. The first-order chi connectivity index (χ1) is 14.4. The normalized spacial score (nSPS) is 13.4. The van der Waals surface area contributed by atoms with Gasteiger partial charge < -0.3 is 14.6 Å². The molecule has 2 aromatic rings. The maximum atomic E-state index is 13.3. The predicted molar refractivity (Wildman–Crippen MR) is 116 cm³/mol. The number of hydrogen-bond acceptors (Lipinski definition) is 4. The van der Waals surface area contributed by atoms with Gasteiger partial charge in [-0.15, -0.1) is 0 Å². The van der Waals surface area contributed by atoms with Crippen LogP contribution in [0.25, 0.3) is 0 Å². The van der Waals surface area contributed by atoms with E-state index < -0.39 is 11.9 Å². The molecular formula is C25H30O5. The van der Waals surface area contributed by atoms with Crippen LogP contribution < -0.4 is 9.47 Å². The van der Waals surface area contributed by atoms with Gasteiger partial charge in [-0.25, -0.2) is 0 Å². The van der Waals surface area contributed by atoms with Crippen LogP contribution in [0.15, 0.2) is 30.3 Å². The topological polar surface area (TPSA) is 72.8 Å². The average molecular weight is 411 g/mol. The highest BCUT2D eigenvalue weighted by molar-refractivity contribution is 6.12. The van der Waals surface area contributed by atoms with Crippen molar-refractivity contribution >= 4 is 11.8 Å². The van der Waals surface area contributed by atoms with Crippen molar-refractivity contribution in [3.63, 3.8) is 0 Å². The number of aliphatic carboxylic acids is 1. The lowest BCUT2D eigenvalue weighted by molar-refractivity contribution is -0.138. The molecule has 2 aromatic carbocycles. The molecule has 1 atom stereocenters. The second-order valence-corrected chi connectivity index (χ2v) is 7.88. The molecule has 1 N–H and O–H groups in total. The van der Waals surface area contributed by atoms with E-state index in [1.807, 2.05) is 18.2 Å². The van der Waals surface area contributed by atoms with Crippen LogP contribution in [0.1, 0.15) is 78.1 Å². The number of fused-ring (bicyclic) bond motifs is 1. The summed E-state index contributed by atoms with van der Waals surface area (Å²) in [4.78, 5) is 24.9. The minimum atomic E-state index is -0.907. The number of carbonyl (C=O) groups is 2. The fourth-order valence-electron chi connectivity index (χ4n) is 3.87. The lowest BCUT2D eigenvalue weighted by Crippen LogP contribution is -2.14. The lowest BCUT2D eigenvalue weighted by atomic mass is 9.87. The summed E-state index contributed by atoms with van der Waals surface area (Å²) in [6, 6.07) is 9.03. The molecular weight excluding hydrogens is 380 g/mol. The zero-order valence-corrected chi connectivity index (χ0v) is 18.0. The molecule has 0 bridgehead atoms. The Morgan fingerprint density at radius 1 is 1.17 bits per heavy atom. The fraction of sp³-hybridized carbons (Fsp3) is 0.440. The first-order valence-corrected chi connectivity index (χ1v) is 10.7. The molecule has 3 rings (SSSR count). The van der Waals surface area contributed by atoms with Gasteiger partial charge in [0, 0.05) is 12.0 Å². The summed E-state index contributed by atoms with van der Waals surface area (Å²) < 4.78 is 11.5. The van der Waals surface area contributed by atoms with Crippen LogP contribution in [0.2, 0.25) is 0 Å². The average Bonchev–Trinajstić information content (AvgIpc) is 3.20. The van der Waals surface area contributed by atoms with E-state index in [0.29, 0.717) is 47.6 Å². The van der Waals surface area contributed by atoms with Gasteiger partial charge in [0.1, 0.15) is 11.5 Å². The predicted octanol–water partition coefficient (Wildman–Crippen LogP) is 5.31. The largest absolute Gasteiger partial charge is 0.494 e. The van der Waals surface area contributed by atoms with E-state index in [1.54, 1.807) is 26.0 Å². The minimum absolute atomic E-state index is 0.153. The van der Waals surface area contributed by atoms with Gasteiger partial charge >= 0.3 is 5.97 Å². The second kappa shape index (κ2) is 9.79. The Morgan fingerprint density at radius 3 is 2.57 bits per heavy atom. The molecule has 30 heavy (non-hydrogen) atoms. The van der Waals surface area contributed by atoms with Gasteiger partial charge in [-0.3, -0.25) is 9.59 Å². The molecule has 0 spiro atoms. The Morgan fingerprint density at radius 2 is 1.90 bits per heavy atom. The summed E-state index contributed by atoms with van der Waals surface area (Å²) in [7, 11) is 0. The fourth-order valence-corrected chi connectivity index (χ4v) is 3.87. The van der Waals surface area contributed by atoms with Crippen LogP contribution in [0.5, 0.6) is 11.5 Å². The van der Waals surface area contributed by atoms with Crippen molar-refractivity contribution in [1.29, 1.82) is 0 Å². The maximum Gasteiger partial charge on any atom is 0.310 e. The first kappa shape index (κ1) is 21.9. The molecule has 1 heterocycles.